The standard InChI is InChI=1S/C26H21N5O4/c1-35-18-7-4-15(5-8-18)11-22(32)29-14-17-12-21(29)24-25(33)31(26(34)30(17)24)20-9-6-16(13-27)23-19(20)3-2-10-28-23/h2-10,17,21,24H,11-12,14H2,1H3/t17-,21?,24?/m1/s1. The lowest BCUT2D eigenvalue weighted by Gasteiger charge is -2.35. The summed E-state index contributed by atoms with van der Waals surface area (Å²) in [7, 11) is 1.59. The number of pyridine rings is 1. The summed E-state index contributed by atoms with van der Waals surface area (Å²) >= 11 is 0. The highest BCUT2D eigenvalue weighted by Crippen LogP contribution is 2.43. The Morgan fingerprint density at radius 3 is 2.71 bits per heavy atom. The number of carbonyl (C=O) groups is 3. The summed E-state index contributed by atoms with van der Waals surface area (Å²) in [4.78, 5) is 49.1. The number of hydrogen-bond acceptors (Lipinski definition) is 6. The maximum Gasteiger partial charge on any atom is 0.332 e. The number of benzene rings is 2. The molecular formula is C26H21N5O4. The van der Waals surface area contributed by atoms with Crippen molar-refractivity contribution in [2.24, 2.45) is 0 Å². The number of nitrogens with zero attached hydrogens (tertiary/aromatic N) is 5. The van der Waals surface area contributed by atoms with Gasteiger partial charge in [-0.05, 0) is 48.4 Å². The van der Waals surface area contributed by atoms with Crippen molar-refractivity contribution in [2.75, 3.05) is 18.6 Å². The van der Waals surface area contributed by atoms with E-state index >= 15 is 0 Å². The minimum atomic E-state index is -0.705. The van der Waals surface area contributed by atoms with Crippen LogP contribution in [0.5, 0.6) is 5.75 Å². The van der Waals surface area contributed by atoms with Crippen LogP contribution < -0.4 is 9.64 Å². The molecule has 9 heteroatoms. The average Bonchev–Trinajstić information content (AvgIpc) is 3.55. The Morgan fingerprint density at radius 1 is 1.17 bits per heavy atom. The maximum atomic E-state index is 13.6. The number of methoxy groups -OCH3 is 1. The van der Waals surface area contributed by atoms with Crippen molar-refractivity contribution in [3.8, 4) is 11.8 Å². The van der Waals surface area contributed by atoms with Gasteiger partial charge in [0.1, 0.15) is 17.9 Å². The van der Waals surface area contributed by atoms with Gasteiger partial charge in [-0.25, -0.2) is 9.69 Å². The van der Waals surface area contributed by atoms with Gasteiger partial charge in [0.2, 0.25) is 5.91 Å². The lowest BCUT2D eigenvalue weighted by Crippen LogP contribution is -2.55. The molecule has 0 radical (unpaired) electrons. The first kappa shape index (κ1) is 21.1. The molecule has 2 unspecified atom stereocenters. The van der Waals surface area contributed by atoms with E-state index in [2.05, 4.69) is 11.1 Å². The first-order valence-corrected chi connectivity index (χ1v) is 11.4. The van der Waals surface area contributed by atoms with E-state index in [9.17, 15) is 19.6 Å². The van der Waals surface area contributed by atoms with Gasteiger partial charge in [0.25, 0.3) is 5.91 Å². The van der Waals surface area contributed by atoms with Gasteiger partial charge in [-0.1, -0.05) is 12.1 Å². The number of anilines is 1. The van der Waals surface area contributed by atoms with Gasteiger partial charge in [-0.3, -0.25) is 14.6 Å². The number of carbonyl (C=O) groups excluding carboxylic acids is 3. The van der Waals surface area contributed by atoms with E-state index in [4.69, 9.17) is 4.74 Å². The van der Waals surface area contributed by atoms with E-state index in [0.29, 0.717) is 35.1 Å². The second-order valence-electron chi connectivity index (χ2n) is 8.98. The zero-order valence-corrected chi connectivity index (χ0v) is 18.9. The molecule has 3 saturated heterocycles. The van der Waals surface area contributed by atoms with Gasteiger partial charge in [-0.2, -0.15) is 5.26 Å². The van der Waals surface area contributed by atoms with Gasteiger partial charge in [-0.15, -0.1) is 0 Å². The van der Waals surface area contributed by atoms with Crippen molar-refractivity contribution in [3.63, 3.8) is 0 Å². The fourth-order valence-electron chi connectivity index (χ4n) is 5.63. The normalized spacial score (nSPS) is 22.6. The fraction of sp³-hybridized carbons (Fsp3) is 0.269. The third-order valence-electron chi connectivity index (χ3n) is 7.21. The number of aromatic nitrogens is 1. The van der Waals surface area contributed by atoms with Crippen LogP contribution in [-0.4, -0.2) is 64.4 Å². The second-order valence-corrected chi connectivity index (χ2v) is 8.98. The molecule has 2 bridgehead atoms. The molecule has 9 nitrogen and oxygen atoms in total. The van der Waals surface area contributed by atoms with Crippen LogP contribution in [0.4, 0.5) is 10.5 Å². The zero-order chi connectivity index (χ0) is 24.3. The number of ether oxygens (including phenoxy) is 1. The Morgan fingerprint density at radius 2 is 1.97 bits per heavy atom. The van der Waals surface area contributed by atoms with E-state index in [1.165, 1.54) is 4.90 Å². The van der Waals surface area contributed by atoms with E-state index in [1.807, 2.05) is 24.3 Å². The van der Waals surface area contributed by atoms with Crippen molar-refractivity contribution in [3.05, 3.63) is 65.9 Å². The molecule has 0 N–H and O–H groups in total. The van der Waals surface area contributed by atoms with E-state index < -0.39 is 6.04 Å². The fourth-order valence-corrected chi connectivity index (χ4v) is 5.63. The lowest BCUT2D eigenvalue weighted by molar-refractivity contribution is -0.135. The SMILES string of the molecule is COc1ccc(CC(=O)N2C[C@H]3CC2C2C(=O)N(c4ccc(C#N)c5ncccc45)C(=O)N23)cc1. The Bertz CT molecular complexity index is 1430. The number of imide groups is 1. The van der Waals surface area contributed by atoms with Gasteiger partial charge in [0.15, 0.2) is 0 Å². The maximum absolute atomic E-state index is 13.6. The third-order valence-corrected chi connectivity index (χ3v) is 7.21. The Labute approximate surface area is 201 Å². The van der Waals surface area contributed by atoms with Crippen LogP contribution in [0.1, 0.15) is 17.5 Å². The number of hydrogen-bond donors (Lipinski definition) is 0. The molecule has 3 aliphatic rings. The highest BCUT2D eigenvalue weighted by molar-refractivity contribution is 6.25. The number of amides is 4. The summed E-state index contributed by atoms with van der Waals surface area (Å²) in [6.07, 6.45) is 2.39. The molecule has 3 aliphatic heterocycles. The van der Waals surface area contributed by atoms with Crippen LogP contribution in [0.2, 0.25) is 0 Å². The monoisotopic (exact) mass is 467 g/mol. The molecule has 4 amide bonds. The number of rotatable bonds is 4. The third kappa shape index (κ3) is 3.06. The van der Waals surface area contributed by atoms with Crippen molar-refractivity contribution < 1.29 is 19.1 Å². The van der Waals surface area contributed by atoms with Crippen LogP contribution in [0, 0.1) is 11.3 Å². The Hall–Kier alpha value is -4.45. The summed E-state index contributed by atoms with van der Waals surface area (Å²) in [5.41, 5.74) is 2.09. The summed E-state index contributed by atoms with van der Waals surface area (Å²) in [6.45, 7) is 0.415. The van der Waals surface area contributed by atoms with Gasteiger partial charge in [0.05, 0.1) is 42.4 Å². The predicted molar refractivity (Wildman–Crippen MR) is 126 cm³/mol. The van der Waals surface area contributed by atoms with E-state index in [1.54, 1.807) is 47.4 Å². The molecule has 1 aromatic heterocycles. The summed E-state index contributed by atoms with van der Waals surface area (Å²) in [5.74, 6) is 0.311. The number of piperazine rings is 1. The van der Waals surface area contributed by atoms with Crippen molar-refractivity contribution in [1.29, 1.82) is 5.26 Å². The first-order chi connectivity index (χ1) is 17.0. The zero-order valence-electron chi connectivity index (χ0n) is 18.9. The number of urea groups is 1. The molecule has 4 heterocycles. The smallest absolute Gasteiger partial charge is 0.332 e. The van der Waals surface area contributed by atoms with Crippen molar-refractivity contribution in [2.45, 2.75) is 31.0 Å². The molecule has 6 rings (SSSR count). The van der Waals surface area contributed by atoms with Crippen molar-refractivity contribution in [1.82, 2.24) is 14.8 Å². The lowest BCUT2D eigenvalue weighted by atomic mass is 10.1. The molecule has 3 atom stereocenters. The summed E-state index contributed by atoms with van der Waals surface area (Å²) in [6, 6.07) is 14.5. The highest BCUT2D eigenvalue weighted by atomic mass is 16.5. The number of fused-ring (bicyclic) bond motifs is 6. The number of nitriles is 1. The van der Waals surface area contributed by atoms with Crippen LogP contribution in [0.25, 0.3) is 10.9 Å². The molecule has 3 aromatic rings. The largest absolute Gasteiger partial charge is 0.497 e. The summed E-state index contributed by atoms with van der Waals surface area (Å²) in [5, 5.41) is 9.99. The van der Waals surface area contributed by atoms with Crippen LogP contribution in [0.15, 0.2) is 54.7 Å². The second kappa shape index (κ2) is 7.81. The predicted octanol–water partition coefficient (Wildman–Crippen LogP) is 2.48. The van der Waals surface area contributed by atoms with Gasteiger partial charge in [0, 0.05) is 18.1 Å². The summed E-state index contributed by atoms with van der Waals surface area (Å²) < 4.78 is 5.17. The topological polar surface area (TPSA) is 107 Å². The van der Waals surface area contributed by atoms with Crippen LogP contribution in [0.3, 0.4) is 0 Å². The molecule has 174 valence electrons. The molecule has 2 aromatic carbocycles. The molecule has 0 aliphatic carbocycles. The quantitative estimate of drug-likeness (QED) is 0.546. The minimum Gasteiger partial charge on any atom is -0.497 e. The minimum absolute atomic E-state index is 0.0611. The first-order valence-electron chi connectivity index (χ1n) is 11.4. The van der Waals surface area contributed by atoms with Crippen molar-refractivity contribution >= 4 is 34.4 Å². The molecule has 3 fully saturated rings. The van der Waals surface area contributed by atoms with E-state index in [0.717, 1.165) is 11.3 Å². The highest BCUT2D eigenvalue weighted by Gasteiger charge is 2.62. The van der Waals surface area contributed by atoms with Gasteiger partial charge < -0.3 is 14.5 Å². The molecule has 0 saturated carbocycles. The van der Waals surface area contributed by atoms with Crippen LogP contribution in [-0.2, 0) is 16.0 Å². The molecule has 0 spiro atoms. The molecular weight excluding hydrogens is 446 g/mol. The van der Waals surface area contributed by atoms with Crippen LogP contribution >= 0.6 is 0 Å². The average molecular weight is 467 g/mol. The Kier molecular flexibility index (Phi) is 4.71. The molecule has 35 heavy (non-hydrogen) atoms. The van der Waals surface area contributed by atoms with E-state index in [-0.39, 0.29) is 36.3 Å². The van der Waals surface area contributed by atoms with Gasteiger partial charge >= 0.3 is 6.03 Å². The number of likely N-dealkylation sites (tertiary alicyclic amines) is 1. The Balaban J connectivity index is 1.28.